The van der Waals surface area contributed by atoms with Gasteiger partial charge < -0.3 is 9.97 Å². The molecule has 1 aliphatic rings. The number of imidazole rings is 1. The summed E-state index contributed by atoms with van der Waals surface area (Å²) in [4.78, 5) is 25.9. The molecule has 0 aliphatic carbocycles. The molecule has 1 unspecified atom stereocenters. The SMILES string of the molecule is O=C(c1cc(Br)c(Br)[nH]1)N1CCCc2[nH]c(S(=O)c3ccccc3)nc21. The zero-order chi connectivity index (χ0) is 18.3. The molecule has 0 saturated heterocycles. The molecule has 1 amide bonds. The Balaban J connectivity index is 1.67. The maximum absolute atomic E-state index is 12.9. The van der Waals surface area contributed by atoms with Gasteiger partial charge in [0.05, 0.1) is 14.8 Å². The van der Waals surface area contributed by atoms with Crippen LogP contribution in [0.2, 0.25) is 0 Å². The minimum Gasteiger partial charge on any atom is -0.344 e. The molecule has 26 heavy (non-hydrogen) atoms. The lowest BCUT2D eigenvalue weighted by molar-refractivity contribution is 0.0980. The Labute approximate surface area is 169 Å². The van der Waals surface area contributed by atoms with Gasteiger partial charge in [0.25, 0.3) is 5.91 Å². The van der Waals surface area contributed by atoms with Crippen molar-refractivity contribution in [2.24, 2.45) is 0 Å². The summed E-state index contributed by atoms with van der Waals surface area (Å²) in [6.45, 7) is 0.572. The van der Waals surface area contributed by atoms with Crippen molar-refractivity contribution in [1.29, 1.82) is 0 Å². The number of aromatic amines is 2. The molecular formula is C17H14Br2N4O2S. The second kappa shape index (κ2) is 7.13. The molecule has 2 aromatic heterocycles. The number of nitrogens with zero attached hydrogens (tertiary/aromatic N) is 2. The molecule has 0 bridgehead atoms. The third-order valence-corrected chi connectivity index (χ3v) is 7.16. The average molecular weight is 498 g/mol. The van der Waals surface area contributed by atoms with E-state index in [0.29, 0.717) is 32.7 Å². The van der Waals surface area contributed by atoms with Crippen LogP contribution in [0.15, 0.2) is 55.5 Å². The van der Waals surface area contributed by atoms with Crippen LogP contribution < -0.4 is 4.90 Å². The fraction of sp³-hybridized carbons (Fsp3) is 0.176. The molecule has 134 valence electrons. The third-order valence-electron chi connectivity index (χ3n) is 4.13. The monoisotopic (exact) mass is 496 g/mol. The van der Waals surface area contributed by atoms with Gasteiger partial charge in [0.15, 0.2) is 5.82 Å². The first-order chi connectivity index (χ1) is 12.5. The van der Waals surface area contributed by atoms with E-state index in [-0.39, 0.29) is 5.91 Å². The van der Waals surface area contributed by atoms with Gasteiger partial charge in [-0.25, -0.2) is 9.19 Å². The molecule has 1 atom stereocenters. The van der Waals surface area contributed by atoms with Crippen molar-refractivity contribution in [3.8, 4) is 0 Å². The number of aromatic nitrogens is 3. The lowest BCUT2D eigenvalue weighted by Crippen LogP contribution is -2.35. The zero-order valence-corrected chi connectivity index (χ0v) is 17.4. The van der Waals surface area contributed by atoms with Crippen molar-refractivity contribution in [2.45, 2.75) is 22.9 Å². The summed E-state index contributed by atoms with van der Waals surface area (Å²) in [5.41, 5.74) is 1.30. The van der Waals surface area contributed by atoms with Crippen LogP contribution in [-0.2, 0) is 17.2 Å². The highest BCUT2D eigenvalue weighted by Gasteiger charge is 2.29. The Kier molecular flexibility index (Phi) is 4.85. The quantitative estimate of drug-likeness (QED) is 0.573. The Morgan fingerprint density at radius 3 is 2.65 bits per heavy atom. The predicted octanol–water partition coefficient (Wildman–Crippen LogP) is 4.02. The van der Waals surface area contributed by atoms with Gasteiger partial charge in [0, 0.05) is 11.4 Å². The Bertz CT molecular complexity index is 980. The van der Waals surface area contributed by atoms with Gasteiger partial charge in [-0.15, -0.1) is 0 Å². The molecule has 0 fully saturated rings. The summed E-state index contributed by atoms with van der Waals surface area (Å²) in [6.07, 6.45) is 1.59. The number of anilines is 1. The standard InChI is InChI=1S/C17H14Br2N4O2S/c18-11-9-13(20-14(11)19)16(24)23-8-4-7-12-15(23)22-17(21-12)26(25)10-5-2-1-3-6-10/h1-3,5-6,9,20H,4,7-8H2,(H,21,22). The smallest absolute Gasteiger partial charge is 0.275 e. The topological polar surface area (TPSA) is 81.9 Å². The van der Waals surface area contributed by atoms with Crippen LogP contribution in [0.5, 0.6) is 0 Å². The molecule has 1 aromatic carbocycles. The van der Waals surface area contributed by atoms with E-state index >= 15 is 0 Å². The number of carbonyl (C=O) groups excluding carboxylic acids is 1. The highest BCUT2D eigenvalue weighted by atomic mass is 79.9. The van der Waals surface area contributed by atoms with Crippen LogP contribution in [0.3, 0.4) is 0 Å². The van der Waals surface area contributed by atoms with E-state index in [1.807, 2.05) is 18.2 Å². The van der Waals surface area contributed by atoms with Gasteiger partial charge in [0.1, 0.15) is 16.5 Å². The van der Waals surface area contributed by atoms with Crippen molar-refractivity contribution in [3.63, 3.8) is 0 Å². The van der Waals surface area contributed by atoms with E-state index in [1.165, 1.54) is 0 Å². The van der Waals surface area contributed by atoms with Crippen LogP contribution in [0.1, 0.15) is 22.6 Å². The fourth-order valence-corrected chi connectivity index (χ4v) is 4.57. The highest BCUT2D eigenvalue weighted by Crippen LogP contribution is 2.30. The number of halogens is 2. The number of rotatable bonds is 3. The van der Waals surface area contributed by atoms with Gasteiger partial charge in [-0.05, 0) is 62.9 Å². The molecule has 0 spiro atoms. The summed E-state index contributed by atoms with van der Waals surface area (Å²) in [7, 11) is -1.41. The van der Waals surface area contributed by atoms with Gasteiger partial charge in [-0.1, -0.05) is 18.2 Å². The molecular weight excluding hydrogens is 484 g/mol. The first kappa shape index (κ1) is 17.7. The molecule has 3 heterocycles. The summed E-state index contributed by atoms with van der Waals surface area (Å²) in [6, 6.07) is 10.9. The number of benzene rings is 1. The van der Waals surface area contributed by atoms with Crippen molar-refractivity contribution < 1.29 is 9.00 Å². The lowest BCUT2D eigenvalue weighted by atomic mass is 10.1. The maximum atomic E-state index is 12.9. The second-order valence-corrected chi connectivity index (χ2v) is 8.87. The summed E-state index contributed by atoms with van der Waals surface area (Å²) >= 11 is 6.73. The number of amides is 1. The van der Waals surface area contributed by atoms with Crippen LogP contribution >= 0.6 is 31.9 Å². The molecule has 1 aliphatic heterocycles. The summed E-state index contributed by atoms with van der Waals surface area (Å²) in [5.74, 6) is 0.392. The van der Waals surface area contributed by atoms with E-state index in [0.717, 1.165) is 23.0 Å². The summed E-state index contributed by atoms with van der Waals surface area (Å²) < 4.78 is 14.3. The molecule has 2 N–H and O–H groups in total. The molecule has 0 saturated carbocycles. The van der Waals surface area contributed by atoms with E-state index < -0.39 is 10.8 Å². The Morgan fingerprint density at radius 2 is 1.96 bits per heavy atom. The van der Waals surface area contributed by atoms with E-state index in [9.17, 15) is 9.00 Å². The number of carbonyl (C=O) groups is 1. The van der Waals surface area contributed by atoms with Crippen molar-refractivity contribution >= 4 is 54.4 Å². The average Bonchev–Trinajstić information content (AvgIpc) is 3.24. The number of H-pyrrole nitrogens is 2. The predicted molar refractivity (Wildman–Crippen MR) is 106 cm³/mol. The number of hydrogen-bond acceptors (Lipinski definition) is 3. The normalized spacial score (nSPS) is 14.9. The van der Waals surface area contributed by atoms with Crippen LogP contribution in [0.25, 0.3) is 0 Å². The minimum atomic E-state index is -1.41. The van der Waals surface area contributed by atoms with Crippen molar-refractivity contribution in [2.75, 3.05) is 11.4 Å². The minimum absolute atomic E-state index is 0.166. The van der Waals surface area contributed by atoms with Crippen molar-refractivity contribution in [1.82, 2.24) is 15.0 Å². The number of aryl methyl sites for hydroxylation is 1. The first-order valence-electron chi connectivity index (χ1n) is 7.96. The largest absolute Gasteiger partial charge is 0.344 e. The zero-order valence-electron chi connectivity index (χ0n) is 13.5. The molecule has 0 radical (unpaired) electrons. The van der Waals surface area contributed by atoms with Gasteiger partial charge >= 0.3 is 0 Å². The number of hydrogen-bond donors (Lipinski definition) is 2. The molecule has 4 rings (SSSR count). The Morgan fingerprint density at radius 1 is 1.19 bits per heavy atom. The second-order valence-electron chi connectivity index (χ2n) is 5.83. The van der Waals surface area contributed by atoms with E-state index in [4.69, 9.17) is 0 Å². The fourth-order valence-electron chi connectivity index (χ4n) is 2.90. The maximum Gasteiger partial charge on any atom is 0.275 e. The van der Waals surface area contributed by atoms with Gasteiger partial charge in [0.2, 0.25) is 5.16 Å². The third kappa shape index (κ3) is 3.19. The first-order valence-corrected chi connectivity index (χ1v) is 10.7. The van der Waals surface area contributed by atoms with Gasteiger partial charge in [-0.3, -0.25) is 9.69 Å². The Hall–Kier alpha value is -1.71. The number of fused-ring (bicyclic) bond motifs is 1. The highest BCUT2D eigenvalue weighted by molar-refractivity contribution is 9.13. The molecule has 6 nitrogen and oxygen atoms in total. The lowest BCUT2D eigenvalue weighted by Gasteiger charge is -2.24. The molecule has 9 heteroatoms. The number of nitrogens with one attached hydrogen (secondary N) is 2. The van der Waals surface area contributed by atoms with E-state index in [2.05, 4.69) is 46.8 Å². The van der Waals surface area contributed by atoms with Crippen LogP contribution in [0.4, 0.5) is 5.82 Å². The van der Waals surface area contributed by atoms with Crippen molar-refractivity contribution in [3.05, 3.63) is 56.9 Å². The van der Waals surface area contributed by atoms with Gasteiger partial charge in [-0.2, -0.15) is 0 Å². The van der Waals surface area contributed by atoms with Crippen LogP contribution in [-0.4, -0.2) is 31.6 Å². The van der Waals surface area contributed by atoms with Crippen LogP contribution in [0, 0.1) is 0 Å². The summed E-state index contributed by atoms with van der Waals surface area (Å²) in [5, 5.41) is 0.370. The van der Waals surface area contributed by atoms with E-state index in [1.54, 1.807) is 23.1 Å². The molecule has 3 aromatic rings.